The van der Waals surface area contributed by atoms with Crippen LogP contribution >= 0.6 is 0 Å². The topological polar surface area (TPSA) is 52.8 Å². The van der Waals surface area contributed by atoms with E-state index in [1.54, 1.807) is 6.26 Å². The van der Waals surface area contributed by atoms with Crippen molar-refractivity contribution < 1.29 is 4.42 Å². The zero-order chi connectivity index (χ0) is 15.5. The molecule has 1 atom stereocenters. The Balaban J connectivity index is 2.41. The molecule has 0 bridgehead atoms. The first kappa shape index (κ1) is 17.6. The van der Waals surface area contributed by atoms with Crippen molar-refractivity contribution in [3.05, 3.63) is 24.2 Å². The molecule has 0 fully saturated rings. The molecule has 1 unspecified atom stereocenters. The van der Waals surface area contributed by atoms with Crippen LogP contribution < -0.4 is 10.6 Å². The van der Waals surface area contributed by atoms with Gasteiger partial charge in [0.15, 0.2) is 5.96 Å². The molecule has 0 radical (unpaired) electrons. The lowest BCUT2D eigenvalue weighted by atomic mass is 10.3. The van der Waals surface area contributed by atoms with Crippen LogP contribution in [0.4, 0.5) is 0 Å². The van der Waals surface area contributed by atoms with Gasteiger partial charge in [0.2, 0.25) is 0 Å². The van der Waals surface area contributed by atoms with Gasteiger partial charge >= 0.3 is 0 Å². The first-order valence-corrected chi connectivity index (χ1v) is 7.99. The summed E-state index contributed by atoms with van der Waals surface area (Å²) in [4.78, 5) is 7.08. The predicted octanol–water partition coefficient (Wildman–Crippen LogP) is 2.11. The van der Waals surface area contributed by atoms with E-state index >= 15 is 0 Å². The normalized spacial score (nSPS) is 13.5. The molecular formula is C16H30N4O. The van der Waals surface area contributed by atoms with Gasteiger partial charge in [-0.1, -0.05) is 13.8 Å². The third-order valence-corrected chi connectivity index (χ3v) is 3.54. The maximum absolute atomic E-state index is 5.33. The van der Waals surface area contributed by atoms with Crippen molar-refractivity contribution in [3.8, 4) is 0 Å². The molecule has 2 N–H and O–H groups in total. The number of hydrogen-bond donors (Lipinski definition) is 2. The van der Waals surface area contributed by atoms with Crippen molar-refractivity contribution in [1.29, 1.82) is 0 Å². The number of furan rings is 1. The number of nitrogens with one attached hydrogen (secondary N) is 2. The molecule has 1 aromatic heterocycles. The fourth-order valence-electron chi connectivity index (χ4n) is 2.29. The molecule has 1 rings (SSSR count). The lowest BCUT2D eigenvalue weighted by molar-refractivity contribution is 0.237. The summed E-state index contributed by atoms with van der Waals surface area (Å²) in [6.45, 7) is 13.3. The van der Waals surface area contributed by atoms with Gasteiger partial charge in [-0.15, -0.1) is 0 Å². The summed E-state index contributed by atoms with van der Waals surface area (Å²) in [5, 5.41) is 6.63. The first-order chi connectivity index (χ1) is 10.2. The van der Waals surface area contributed by atoms with Crippen molar-refractivity contribution >= 4 is 5.96 Å². The Labute approximate surface area is 128 Å². The monoisotopic (exact) mass is 294 g/mol. The lowest BCUT2D eigenvalue weighted by Crippen LogP contribution is -2.40. The molecule has 1 aromatic rings. The highest BCUT2D eigenvalue weighted by atomic mass is 16.3. The van der Waals surface area contributed by atoms with Crippen molar-refractivity contribution in [2.24, 2.45) is 4.99 Å². The van der Waals surface area contributed by atoms with E-state index in [-0.39, 0.29) is 0 Å². The van der Waals surface area contributed by atoms with E-state index in [4.69, 9.17) is 4.42 Å². The van der Waals surface area contributed by atoms with Crippen LogP contribution in [-0.2, 0) is 6.42 Å². The summed E-state index contributed by atoms with van der Waals surface area (Å²) in [6, 6.07) is 4.37. The summed E-state index contributed by atoms with van der Waals surface area (Å²) >= 11 is 0. The Morgan fingerprint density at radius 1 is 1.29 bits per heavy atom. The van der Waals surface area contributed by atoms with E-state index in [0.717, 1.165) is 50.9 Å². The predicted molar refractivity (Wildman–Crippen MR) is 88.8 cm³/mol. The van der Waals surface area contributed by atoms with Gasteiger partial charge in [0.1, 0.15) is 5.76 Å². The fraction of sp³-hybridized carbons (Fsp3) is 0.688. The summed E-state index contributed by atoms with van der Waals surface area (Å²) in [6.07, 6.45) is 2.57. The molecule has 0 saturated heterocycles. The lowest BCUT2D eigenvalue weighted by Gasteiger charge is -2.25. The molecule has 0 aliphatic rings. The minimum atomic E-state index is 0.459. The molecule has 1 heterocycles. The maximum Gasteiger partial charge on any atom is 0.191 e. The minimum Gasteiger partial charge on any atom is -0.469 e. The van der Waals surface area contributed by atoms with Crippen LogP contribution in [0.1, 0.15) is 33.5 Å². The summed E-state index contributed by atoms with van der Waals surface area (Å²) < 4.78 is 5.33. The number of guanidine groups is 1. The average Bonchev–Trinajstić information content (AvgIpc) is 2.99. The molecule has 21 heavy (non-hydrogen) atoms. The van der Waals surface area contributed by atoms with Crippen LogP contribution in [0.15, 0.2) is 27.8 Å². The third-order valence-electron chi connectivity index (χ3n) is 3.54. The van der Waals surface area contributed by atoms with Crippen molar-refractivity contribution in [3.63, 3.8) is 0 Å². The number of aliphatic imine (C=N–C) groups is 1. The third kappa shape index (κ3) is 6.67. The van der Waals surface area contributed by atoms with Gasteiger partial charge in [0.05, 0.1) is 12.8 Å². The summed E-state index contributed by atoms with van der Waals surface area (Å²) in [5.41, 5.74) is 0. The van der Waals surface area contributed by atoms with Gasteiger partial charge in [-0.3, -0.25) is 9.89 Å². The zero-order valence-corrected chi connectivity index (χ0v) is 13.9. The molecular weight excluding hydrogens is 264 g/mol. The van der Waals surface area contributed by atoms with Gasteiger partial charge in [-0.25, -0.2) is 0 Å². The Hall–Kier alpha value is -1.49. The molecule has 120 valence electrons. The Morgan fingerprint density at radius 3 is 2.62 bits per heavy atom. The second-order valence-electron chi connectivity index (χ2n) is 5.05. The summed E-state index contributed by atoms with van der Waals surface area (Å²) in [7, 11) is 0. The SMILES string of the molecule is CCNC(=NCC(C)N(CC)CC)NCCc1ccco1. The molecule has 5 nitrogen and oxygen atoms in total. The van der Waals surface area contributed by atoms with E-state index in [9.17, 15) is 0 Å². The van der Waals surface area contributed by atoms with E-state index in [0.29, 0.717) is 6.04 Å². The number of hydrogen-bond acceptors (Lipinski definition) is 3. The minimum absolute atomic E-state index is 0.459. The van der Waals surface area contributed by atoms with Crippen LogP contribution in [0.25, 0.3) is 0 Å². The van der Waals surface area contributed by atoms with Crippen LogP contribution in [0, 0.1) is 0 Å². The second kappa shape index (κ2) is 10.3. The molecule has 0 amide bonds. The summed E-state index contributed by atoms with van der Waals surface area (Å²) in [5.74, 6) is 1.87. The van der Waals surface area contributed by atoms with Gasteiger partial charge in [-0.2, -0.15) is 0 Å². The number of nitrogens with zero attached hydrogens (tertiary/aromatic N) is 2. The fourth-order valence-corrected chi connectivity index (χ4v) is 2.29. The highest BCUT2D eigenvalue weighted by Gasteiger charge is 2.09. The van der Waals surface area contributed by atoms with Crippen molar-refractivity contribution in [2.75, 3.05) is 32.7 Å². The van der Waals surface area contributed by atoms with E-state index in [2.05, 4.69) is 48.2 Å². The zero-order valence-electron chi connectivity index (χ0n) is 13.9. The van der Waals surface area contributed by atoms with Crippen LogP contribution in [0.5, 0.6) is 0 Å². The van der Waals surface area contributed by atoms with Gasteiger partial charge in [0.25, 0.3) is 0 Å². The highest BCUT2D eigenvalue weighted by Crippen LogP contribution is 2.00. The molecule has 0 aliphatic carbocycles. The van der Waals surface area contributed by atoms with Gasteiger partial charge < -0.3 is 15.1 Å². The Bertz CT molecular complexity index is 385. The molecule has 0 aromatic carbocycles. The maximum atomic E-state index is 5.33. The molecule has 0 saturated carbocycles. The van der Waals surface area contributed by atoms with Gasteiger partial charge in [0, 0.05) is 25.6 Å². The highest BCUT2D eigenvalue weighted by molar-refractivity contribution is 5.79. The van der Waals surface area contributed by atoms with Gasteiger partial charge in [-0.05, 0) is 39.1 Å². The second-order valence-corrected chi connectivity index (χ2v) is 5.05. The molecule has 5 heteroatoms. The number of rotatable bonds is 9. The first-order valence-electron chi connectivity index (χ1n) is 7.99. The van der Waals surface area contributed by atoms with E-state index in [1.165, 1.54) is 0 Å². The average molecular weight is 294 g/mol. The van der Waals surface area contributed by atoms with Crippen LogP contribution in [0.2, 0.25) is 0 Å². The van der Waals surface area contributed by atoms with Crippen LogP contribution in [0.3, 0.4) is 0 Å². The standard InChI is InChI=1S/C16H30N4O/c1-5-17-16(18-11-10-15-9-8-12-21-15)19-13-14(4)20(6-2)7-3/h8-9,12,14H,5-7,10-11,13H2,1-4H3,(H2,17,18,19). The van der Waals surface area contributed by atoms with E-state index in [1.807, 2.05) is 12.1 Å². The Morgan fingerprint density at radius 2 is 2.05 bits per heavy atom. The molecule has 0 spiro atoms. The largest absolute Gasteiger partial charge is 0.469 e. The van der Waals surface area contributed by atoms with Crippen molar-refractivity contribution in [1.82, 2.24) is 15.5 Å². The van der Waals surface area contributed by atoms with Crippen molar-refractivity contribution in [2.45, 2.75) is 40.2 Å². The molecule has 0 aliphatic heterocycles. The quantitative estimate of drug-likeness (QED) is 0.541. The Kier molecular flexibility index (Phi) is 8.59. The number of likely N-dealkylation sites (N-methyl/N-ethyl adjacent to an activating group) is 1. The smallest absolute Gasteiger partial charge is 0.191 e. The van der Waals surface area contributed by atoms with Crippen LogP contribution in [-0.4, -0.2) is 49.6 Å². The van der Waals surface area contributed by atoms with E-state index < -0.39 is 0 Å².